The minimum atomic E-state index is -4.09. The maximum atomic E-state index is 12.4. The summed E-state index contributed by atoms with van der Waals surface area (Å²) in [5, 5.41) is 0. The van der Waals surface area contributed by atoms with Crippen LogP contribution in [-0.4, -0.2) is 29.2 Å². The maximum absolute atomic E-state index is 12.4. The molecular weight excluding hydrogens is 207 g/mol. The Bertz CT molecular complexity index is 325. The normalized spacial score (nSPS) is 22.1. The van der Waals surface area contributed by atoms with Gasteiger partial charge in [0.25, 0.3) is 0 Å². The van der Waals surface area contributed by atoms with Crippen LogP contribution in [0.3, 0.4) is 0 Å². The Labute approximate surface area is 84.9 Å². The first-order valence-corrected chi connectivity index (χ1v) is 4.64. The van der Waals surface area contributed by atoms with Crippen LogP contribution in [0, 0.1) is 5.92 Å². The molecule has 1 saturated heterocycles. The minimum Gasteiger partial charge on any atom is -0.368 e. The Kier molecular flexibility index (Phi) is 2.50. The van der Waals surface area contributed by atoms with Crippen LogP contribution in [0.25, 0.3) is 0 Å². The molecule has 1 atom stereocenters. The number of alkyl halides is 3. The third kappa shape index (κ3) is 2.19. The van der Waals surface area contributed by atoms with E-state index in [0.717, 1.165) is 0 Å². The number of hydrogen-bond acceptors (Lipinski definition) is 3. The van der Waals surface area contributed by atoms with Crippen LogP contribution in [0.1, 0.15) is 6.42 Å². The number of halogens is 3. The molecule has 0 N–H and O–H groups in total. The zero-order chi connectivity index (χ0) is 10.9. The van der Waals surface area contributed by atoms with Crippen molar-refractivity contribution >= 4 is 5.69 Å². The van der Waals surface area contributed by atoms with Gasteiger partial charge in [-0.05, 0) is 6.42 Å². The summed E-state index contributed by atoms with van der Waals surface area (Å²) >= 11 is 0. The van der Waals surface area contributed by atoms with Crippen molar-refractivity contribution in [2.45, 2.75) is 12.6 Å². The second-order valence-electron chi connectivity index (χ2n) is 3.57. The number of hydrogen-bond donors (Lipinski definition) is 0. The van der Waals surface area contributed by atoms with Crippen molar-refractivity contribution in [2.75, 3.05) is 18.0 Å². The summed E-state index contributed by atoms with van der Waals surface area (Å²) < 4.78 is 37.2. The Morgan fingerprint density at radius 3 is 2.47 bits per heavy atom. The zero-order valence-electron chi connectivity index (χ0n) is 7.91. The zero-order valence-corrected chi connectivity index (χ0v) is 7.91. The molecule has 1 aromatic heterocycles. The minimum absolute atomic E-state index is 0.0108. The summed E-state index contributed by atoms with van der Waals surface area (Å²) in [6, 6.07) is 0. The van der Waals surface area contributed by atoms with Crippen molar-refractivity contribution in [3.63, 3.8) is 0 Å². The molecule has 2 rings (SSSR count). The van der Waals surface area contributed by atoms with E-state index in [2.05, 4.69) is 9.97 Å². The van der Waals surface area contributed by atoms with Crippen LogP contribution in [0.2, 0.25) is 0 Å². The molecular formula is C9H10F3N3. The van der Waals surface area contributed by atoms with Crippen LogP contribution in [0.15, 0.2) is 18.7 Å². The molecule has 3 nitrogen and oxygen atoms in total. The molecule has 0 bridgehead atoms. The highest BCUT2D eigenvalue weighted by Gasteiger charge is 2.43. The SMILES string of the molecule is FC(F)(F)C1CCN(c2cncnc2)C1. The lowest BCUT2D eigenvalue weighted by Crippen LogP contribution is -2.27. The van der Waals surface area contributed by atoms with Gasteiger partial charge in [-0.15, -0.1) is 0 Å². The predicted molar refractivity (Wildman–Crippen MR) is 48.4 cm³/mol. The van der Waals surface area contributed by atoms with Gasteiger partial charge >= 0.3 is 6.18 Å². The topological polar surface area (TPSA) is 29.0 Å². The van der Waals surface area contributed by atoms with Gasteiger partial charge in [0.1, 0.15) is 6.33 Å². The second kappa shape index (κ2) is 3.67. The van der Waals surface area contributed by atoms with Gasteiger partial charge < -0.3 is 4.90 Å². The number of rotatable bonds is 1. The molecule has 15 heavy (non-hydrogen) atoms. The van der Waals surface area contributed by atoms with Crippen molar-refractivity contribution in [3.8, 4) is 0 Å². The smallest absolute Gasteiger partial charge is 0.368 e. The summed E-state index contributed by atoms with van der Waals surface area (Å²) in [7, 11) is 0. The second-order valence-corrected chi connectivity index (χ2v) is 3.57. The molecule has 6 heteroatoms. The van der Waals surface area contributed by atoms with Gasteiger partial charge in [0, 0.05) is 13.1 Å². The van der Waals surface area contributed by atoms with Gasteiger partial charge in [-0.1, -0.05) is 0 Å². The van der Waals surface area contributed by atoms with Gasteiger partial charge in [-0.3, -0.25) is 0 Å². The molecule has 0 saturated carbocycles. The molecule has 0 radical (unpaired) electrons. The quantitative estimate of drug-likeness (QED) is 0.719. The van der Waals surface area contributed by atoms with Gasteiger partial charge in [0.2, 0.25) is 0 Å². The Morgan fingerprint density at radius 2 is 1.93 bits per heavy atom. The molecule has 1 fully saturated rings. The third-order valence-electron chi connectivity index (χ3n) is 2.56. The summed E-state index contributed by atoms with van der Waals surface area (Å²) in [5.41, 5.74) is 0.657. The summed E-state index contributed by atoms with van der Waals surface area (Å²) in [4.78, 5) is 9.23. The molecule has 1 aromatic rings. The van der Waals surface area contributed by atoms with E-state index in [1.165, 1.54) is 18.7 Å². The van der Waals surface area contributed by atoms with Crippen LogP contribution in [0.4, 0.5) is 18.9 Å². The summed E-state index contributed by atoms with van der Waals surface area (Å²) in [5.74, 6) is -1.22. The van der Waals surface area contributed by atoms with Gasteiger partial charge in [0.05, 0.1) is 24.0 Å². The average Bonchev–Trinajstić information content (AvgIpc) is 2.67. The third-order valence-corrected chi connectivity index (χ3v) is 2.56. The Morgan fingerprint density at radius 1 is 1.27 bits per heavy atom. The first-order valence-electron chi connectivity index (χ1n) is 4.64. The van der Waals surface area contributed by atoms with E-state index < -0.39 is 12.1 Å². The number of aromatic nitrogens is 2. The van der Waals surface area contributed by atoms with Gasteiger partial charge in [-0.25, -0.2) is 9.97 Å². The highest BCUT2D eigenvalue weighted by molar-refractivity contribution is 5.42. The van der Waals surface area contributed by atoms with E-state index in [1.54, 1.807) is 4.90 Å². The van der Waals surface area contributed by atoms with Crippen molar-refractivity contribution in [1.29, 1.82) is 0 Å². The lowest BCUT2D eigenvalue weighted by Gasteiger charge is -2.18. The van der Waals surface area contributed by atoms with Crippen LogP contribution in [-0.2, 0) is 0 Å². The van der Waals surface area contributed by atoms with Crippen LogP contribution < -0.4 is 4.90 Å². The monoisotopic (exact) mass is 217 g/mol. The van der Waals surface area contributed by atoms with E-state index >= 15 is 0 Å². The molecule has 1 aliphatic rings. The summed E-state index contributed by atoms with van der Waals surface area (Å²) in [6.07, 6.45) is 0.487. The summed E-state index contributed by atoms with van der Waals surface area (Å²) in [6.45, 7) is 0.425. The molecule has 0 aliphatic carbocycles. The molecule has 2 heterocycles. The van der Waals surface area contributed by atoms with Gasteiger partial charge in [0.15, 0.2) is 0 Å². The van der Waals surface area contributed by atoms with E-state index in [9.17, 15) is 13.2 Å². The predicted octanol–water partition coefficient (Wildman–Crippen LogP) is 1.87. The van der Waals surface area contributed by atoms with Crippen molar-refractivity contribution in [3.05, 3.63) is 18.7 Å². The number of anilines is 1. The van der Waals surface area contributed by atoms with Crippen molar-refractivity contribution < 1.29 is 13.2 Å². The first-order chi connectivity index (χ1) is 7.07. The fourth-order valence-electron chi connectivity index (χ4n) is 1.72. The molecule has 1 aliphatic heterocycles. The standard InChI is InChI=1S/C9H10F3N3/c10-9(11,12)7-1-2-15(5-7)8-3-13-6-14-4-8/h3-4,6-7H,1-2,5H2. The highest BCUT2D eigenvalue weighted by Crippen LogP contribution is 2.34. The molecule has 1 unspecified atom stereocenters. The van der Waals surface area contributed by atoms with Gasteiger partial charge in [-0.2, -0.15) is 13.2 Å². The number of nitrogens with zero attached hydrogens (tertiary/aromatic N) is 3. The molecule has 0 aromatic carbocycles. The fraction of sp³-hybridized carbons (Fsp3) is 0.556. The molecule has 0 amide bonds. The Hall–Kier alpha value is -1.33. The highest BCUT2D eigenvalue weighted by atomic mass is 19.4. The average molecular weight is 217 g/mol. The lowest BCUT2D eigenvalue weighted by atomic mass is 10.1. The lowest BCUT2D eigenvalue weighted by molar-refractivity contribution is -0.168. The fourth-order valence-corrected chi connectivity index (χ4v) is 1.72. The van der Waals surface area contributed by atoms with Crippen molar-refractivity contribution in [1.82, 2.24) is 9.97 Å². The van der Waals surface area contributed by atoms with E-state index in [4.69, 9.17) is 0 Å². The molecule has 82 valence electrons. The largest absolute Gasteiger partial charge is 0.393 e. The van der Waals surface area contributed by atoms with Crippen LogP contribution >= 0.6 is 0 Å². The first kappa shape index (κ1) is 10.2. The van der Waals surface area contributed by atoms with Crippen molar-refractivity contribution in [2.24, 2.45) is 5.92 Å². The van der Waals surface area contributed by atoms with Crippen LogP contribution in [0.5, 0.6) is 0 Å². The Balaban J connectivity index is 2.05. The van der Waals surface area contributed by atoms with E-state index in [0.29, 0.717) is 12.2 Å². The molecule has 0 spiro atoms. The van der Waals surface area contributed by atoms with E-state index in [1.807, 2.05) is 0 Å². The maximum Gasteiger partial charge on any atom is 0.393 e. The van der Waals surface area contributed by atoms with E-state index in [-0.39, 0.29) is 13.0 Å².